The van der Waals surface area contributed by atoms with Crippen molar-refractivity contribution in [3.63, 3.8) is 0 Å². The molecular weight excluding hydrogens is 368 g/mol. The van der Waals surface area contributed by atoms with E-state index < -0.39 is 17.6 Å². The van der Waals surface area contributed by atoms with Crippen LogP contribution in [0.5, 0.6) is 0 Å². The summed E-state index contributed by atoms with van der Waals surface area (Å²) >= 11 is 4.52. The Labute approximate surface area is 170 Å². The number of hydrogen-bond acceptors (Lipinski definition) is 7. The summed E-state index contributed by atoms with van der Waals surface area (Å²) in [4.78, 5) is 11.6. The minimum absolute atomic E-state index is 0.306. The lowest BCUT2D eigenvalue weighted by Gasteiger charge is -2.44. The molecular formula is C20H38O6S. The smallest absolute Gasteiger partial charge is 0.303 e. The molecule has 0 spiro atoms. The van der Waals surface area contributed by atoms with Gasteiger partial charge in [0.2, 0.25) is 0 Å². The number of carbonyl (C=O) groups excluding carboxylic acids is 1. The molecule has 5 atom stereocenters. The summed E-state index contributed by atoms with van der Waals surface area (Å²) < 4.78 is 29.6. The fraction of sp³-hybridized carbons (Fsp3) is 0.950. The lowest BCUT2D eigenvalue weighted by atomic mass is 9.99. The molecule has 0 saturated carbocycles. The van der Waals surface area contributed by atoms with Crippen LogP contribution in [-0.2, 0) is 28.5 Å². The van der Waals surface area contributed by atoms with Gasteiger partial charge in [-0.25, -0.2) is 0 Å². The fourth-order valence-corrected chi connectivity index (χ4v) is 3.30. The number of ether oxygens (including phenoxy) is 5. The highest BCUT2D eigenvalue weighted by Crippen LogP contribution is 2.30. The Bertz CT molecular complexity index is 395. The summed E-state index contributed by atoms with van der Waals surface area (Å²) in [6, 6.07) is 0. The topological polar surface area (TPSA) is 63.2 Å². The van der Waals surface area contributed by atoms with E-state index in [1.54, 1.807) is 0 Å². The largest absolute Gasteiger partial charge is 0.456 e. The van der Waals surface area contributed by atoms with Gasteiger partial charge in [-0.05, 0) is 19.3 Å². The van der Waals surface area contributed by atoms with Gasteiger partial charge in [-0.3, -0.25) is 4.79 Å². The van der Waals surface area contributed by atoms with Crippen LogP contribution in [0, 0.1) is 0 Å². The van der Waals surface area contributed by atoms with Crippen molar-refractivity contribution in [1.29, 1.82) is 0 Å². The van der Waals surface area contributed by atoms with Crippen molar-refractivity contribution in [1.82, 2.24) is 0 Å². The number of hydrogen-bond donors (Lipinski definition) is 1. The maximum Gasteiger partial charge on any atom is 0.303 e. The first-order valence-electron chi connectivity index (χ1n) is 10.4. The fourth-order valence-electron chi connectivity index (χ4n) is 2.91. The number of unbranched alkanes of at least 4 members (excludes halogenated alkanes) is 3. The zero-order valence-electron chi connectivity index (χ0n) is 17.4. The lowest BCUT2D eigenvalue weighted by Crippen LogP contribution is -2.60. The number of esters is 1. The zero-order valence-corrected chi connectivity index (χ0v) is 18.2. The molecule has 1 fully saturated rings. The Balaban J connectivity index is 2.88. The van der Waals surface area contributed by atoms with E-state index in [0.29, 0.717) is 26.4 Å². The van der Waals surface area contributed by atoms with Crippen LogP contribution in [0.25, 0.3) is 0 Å². The number of rotatable bonds is 14. The zero-order chi connectivity index (χ0) is 20.1. The van der Waals surface area contributed by atoms with Crippen molar-refractivity contribution >= 4 is 18.6 Å². The second-order valence-corrected chi connectivity index (χ2v) is 7.45. The lowest BCUT2D eigenvalue weighted by molar-refractivity contribution is -0.243. The first-order valence-corrected chi connectivity index (χ1v) is 10.9. The maximum absolute atomic E-state index is 11.6. The molecule has 0 aromatic rings. The van der Waals surface area contributed by atoms with Crippen LogP contribution in [0.2, 0.25) is 0 Å². The van der Waals surface area contributed by atoms with E-state index in [9.17, 15) is 4.79 Å². The molecule has 0 N–H and O–H groups in total. The summed E-state index contributed by atoms with van der Waals surface area (Å²) in [5, 5.41) is 0. The molecule has 1 heterocycles. The van der Waals surface area contributed by atoms with Gasteiger partial charge in [-0.2, -0.15) is 0 Å². The van der Waals surface area contributed by atoms with Gasteiger partial charge in [0, 0.05) is 26.7 Å². The van der Waals surface area contributed by atoms with Crippen molar-refractivity contribution in [2.45, 2.75) is 96.1 Å². The van der Waals surface area contributed by atoms with Gasteiger partial charge < -0.3 is 23.7 Å². The van der Waals surface area contributed by atoms with E-state index >= 15 is 0 Å². The van der Waals surface area contributed by atoms with Crippen molar-refractivity contribution in [2.24, 2.45) is 0 Å². The van der Waals surface area contributed by atoms with E-state index in [1.165, 1.54) is 6.92 Å². The molecule has 1 saturated heterocycles. The summed E-state index contributed by atoms with van der Waals surface area (Å²) in [6.07, 6.45) is 4.33. The van der Waals surface area contributed by atoms with Crippen LogP contribution in [0.3, 0.4) is 0 Å². The average molecular weight is 407 g/mol. The van der Waals surface area contributed by atoms with Crippen molar-refractivity contribution < 1.29 is 28.5 Å². The van der Waals surface area contributed by atoms with Crippen molar-refractivity contribution in [2.75, 3.05) is 26.4 Å². The van der Waals surface area contributed by atoms with Crippen LogP contribution in [0.1, 0.15) is 66.2 Å². The Hall–Kier alpha value is -0.340. The number of thiol groups is 1. The van der Waals surface area contributed by atoms with Gasteiger partial charge in [0.15, 0.2) is 6.10 Å². The SMILES string of the molecule is CCCCOCC1O[C@H](S)[C@H](OC(C)=O)C(OCCCC)[C@@H]1OCCCC. The van der Waals surface area contributed by atoms with Gasteiger partial charge in [0.05, 0.1) is 6.61 Å². The standard InChI is InChI=1S/C20H38O6S/c1-5-8-11-22-14-16-17(23-12-9-6-2)18(24-13-10-7-3)19(20(27)26-16)25-15(4)21/h16-20,27H,5-14H2,1-4H3/t16?,17-,18?,19-,20-/m1/s1. The monoisotopic (exact) mass is 406 g/mol. The van der Waals surface area contributed by atoms with E-state index in [0.717, 1.165) is 38.5 Å². The minimum atomic E-state index is -0.610. The molecule has 1 aliphatic rings. The first-order chi connectivity index (χ1) is 13.0. The van der Waals surface area contributed by atoms with E-state index in [-0.39, 0.29) is 18.2 Å². The molecule has 0 aromatic carbocycles. The van der Waals surface area contributed by atoms with Crippen LogP contribution >= 0.6 is 12.6 Å². The molecule has 160 valence electrons. The highest BCUT2D eigenvalue weighted by molar-refractivity contribution is 7.80. The summed E-state index contributed by atoms with van der Waals surface area (Å²) in [6.45, 7) is 10.0. The molecule has 1 rings (SSSR count). The average Bonchev–Trinajstić information content (AvgIpc) is 2.63. The summed E-state index contributed by atoms with van der Waals surface area (Å²) in [5.41, 5.74) is -0.577. The summed E-state index contributed by atoms with van der Waals surface area (Å²) in [5.74, 6) is -0.378. The predicted molar refractivity (Wildman–Crippen MR) is 108 cm³/mol. The van der Waals surface area contributed by atoms with Crippen LogP contribution < -0.4 is 0 Å². The van der Waals surface area contributed by atoms with Crippen LogP contribution in [-0.4, -0.2) is 62.2 Å². The Morgan fingerprint density at radius 1 is 0.889 bits per heavy atom. The van der Waals surface area contributed by atoms with Gasteiger partial charge in [-0.1, -0.05) is 40.0 Å². The molecule has 0 aliphatic carbocycles. The van der Waals surface area contributed by atoms with E-state index in [1.807, 2.05) is 0 Å². The molecule has 6 nitrogen and oxygen atoms in total. The van der Waals surface area contributed by atoms with Gasteiger partial charge in [0.1, 0.15) is 23.7 Å². The Morgan fingerprint density at radius 3 is 2.00 bits per heavy atom. The van der Waals surface area contributed by atoms with E-state index in [2.05, 4.69) is 33.4 Å². The molecule has 0 aromatic heterocycles. The third-order valence-electron chi connectivity index (χ3n) is 4.45. The predicted octanol–water partition coefficient (Wildman–Crippen LogP) is 3.76. The summed E-state index contributed by atoms with van der Waals surface area (Å²) in [7, 11) is 0. The first kappa shape index (κ1) is 24.7. The molecule has 2 unspecified atom stereocenters. The molecule has 0 amide bonds. The normalized spacial score (nSPS) is 28.3. The maximum atomic E-state index is 11.6. The Kier molecular flexibility index (Phi) is 13.4. The minimum Gasteiger partial charge on any atom is -0.456 e. The van der Waals surface area contributed by atoms with Crippen molar-refractivity contribution in [3.05, 3.63) is 0 Å². The van der Waals surface area contributed by atoms with Gasteiger partial charge in [-0.15, -0.1) is 12.6 Å². The van der Waals surface area contributed by atoms with Crippen molar-refractivity contribution in [3.8, 4) is 0 Å². The van der Waals surface area contributed by atoms with Gasteiger partial charge in [0.25, 0.3) is 0 Å². The molecule has 27 heavy (non-hydrogen) atoms. The second-order valence-electron chi connectivity index (χ2n) is 6.95. The Morgan fingerprint density at radius 2 is 1.44 bits per heavy atom. The number of carbonyl (C=O) groups is 1. The van der Waals surface area contributed by atoms with Crippen LogP contribution in [0.4, 0.5) is 0 Å². The van der Waals surface area contributed by atoms with Crippen LogP contribution in [0.15, 0.2) is 0 Å². The molecule has 0 bridgehead atoms. The van der Waals surface area contributed by atoms with E-state index in [4.69, 9.17) is 23.7 Å². The molecule has 7 heteroatoms. The quantitative estimate of drug-likeness (QED) is 0.269. The highest BCUT2D eigenvalue weighted by Gasteiger charge is 2.48. The second kappa shape index (κ2) is 14.6. The highest BCUT2D eigenvalue weighted by atomic mass is 32.1. The van der Waals surface area contributed by atoms with Gasteiger partial charge >= 0.3 is 5.97 Å². The third-order valence-corrected chi connectivity index (χ3v) is 4.87. The molecule has 1 aliphatic heterocycles. The third kappa shape index (κ3) is 9.13. The molecule has 0 radical (unpaired) electrons.